The fourth-order valence-electron chi connectivity index (χ4n) is 0.967. The molecule has 1 aromatic carbocycles. The van der Waals surface area contributed by atoms with Crippen molar-refractivity contribution < 1.29 is 4.92 Å². The van der Waals surface area contributed by atoms with Crippen molar-refractivity contribution in [1.82, 2.24) is 0 Å². The highest BCUT2D eigenvalue weighted by atomic mass is 16.6. The SMILES string of the molecule is Cc1ccc([C@H](C)[N+](=O)[O-])cc1. The first-order valence-electron chi connectivity index (χ1n) is 3.81. The summed E-state index contributed by atoms with van der Waals surface area (Å²) in [4.78, 5) is 10.1. The molecule has 1 aromatic rings. The molecule has 1 rings (SSSR count). The van der Waals surface area contributed by atoms with Crippen molar-refractivity contribution in [3.63, 3.8) is 0 Å². The average Bonchev–Trinajstić information content (AvgIpc) is 2.04. The molecular weight excluding hydrogens is 154 g/mol. The van der Waals surface area contributed by atoms with E-state index in [-0.39, 0.29) is 4.92 Å². The molecule has 0 saturated carbocycles. The van der Waals surface area contributed by atoms with Gasteiger partial charge in [-0.2, -0.15) is 0 Å². The van der Waals surface area contributed by atoms with Crippen molar-refractivity contribution >= 4 is 0 Å². The van der Waals surface area contributed by atoms with Gasteiger partial charge in [-0.1, -0.05) is 29.8 Å². The molecule has 12 heavy (non-hydrogen) atoms. The third-order valence-electron chi connectivity index (χ3n) is 1.88. The lowest BCUT2D eigenvalue weighted by atomic mass is 10.1. The highest BCUT2D eigenvalue weighted by Crippen LogP contribution is 2.15. The first-order valence-corrected chi connectivity index (χ1v) is 3.81. The van der Waals surface area contributed by atoms with E-state index in [1.54, 1.807) is 19.1 Å². The van der Waals surface area contributed by atoms with Gasteiger partial charge in [0.05, 0.1) is 0 Å². The maximum Gasteiger partial charge on any atom is 0.235 e. The molecule has 0 fully saturated rings. The molecule has 64 valence electrons. The van der Waals surface area contributed by atoms with Gasteiger partial charge in [-0.15, -0.1) is 0 Å². The zero-order valence-corrected chi connectivity index (χ0v) is 7.15. The summed E-state index contributed by atoms with van der Waals surface area (Å²) in [6.45, 7) is 3.55. The van der Waals surface area contributed by atoms with Crippen LogP contribution in [0, 0.1) is 17.0 Å². The van der Waals surface area contributed by atoms with Crippen molar-refractivity contribution in [3.05, 3.63) is 45.5 Å². The molecule has 0 aromatic heterocycles. The Kier molecular flexibility index (Phi) is 2.43. The first-order chi connectivity index (χ1) is 5.61. The molecular formula is C9H11NO2. The van der Waals surface area contributed by atoms with Gasteiger partial charge in [0, 0.05) is 17.4 Å². The van der Waals surface area contributed by atoms with Gasteiger partial charge < -0.3 is 0 Å². The molecule has 0 aliphatic rings. The van der Waals surface area contributed by atoms with Gasteiger partial charge in [0.1, 0.15) is 0 Å². The number of rotatable bonds is 2. The van der Waals surface area contributed by atoms with Crippen LogP contribution in [0.1, 0.15) is 24.1 Å². The Hall–Kier alpha value is -1.38. The van der Waals surface area contributed by atoms with Crippen LogP contribution in [-0.2, 0) is 0 Å². The van der Waals surface area contributed by atoms with Crippen LogP contribution >= 0.6 is 0 Å². The van der Waals surface area contributed by atoms with Gasteiger partial charge in [0.2, 0.25) is 6.04 Å². The number of benzene rings is 1. The van der Waals surface area contributed by atoms with Crippen LogP contribution in [-0.4, -0.2) is 4.92 Å². The lowest BCUT2D eigenvalue weighted by Crippen LogP contribution is -2.05. The molecule has 0 aliphatic carbocycles. The second-order valence-corrected chi connectivity index (χ2v) is 2.87. The minimum absolute atomic E-state index is 0.287. The first kappa shape index (κ1) is 8.71. The van der Waals surface area contributed by atoms with Crippen molar-refractivity contribution in [1.29, 1.82) is 0 Å². The molecule has 0 N–H and O–H groups in total. The van der Waals surface area contributed by atoms with Crippen LogP contribution in [0.5, 0.6) is 0 Å². The Morgan fingerprint density at radius 1 is 1.33 bits per heavy atom. The van der Waals surface area contributed by atoms with Gasteiger partial charge >= 0.3 is 0 Å². The average molecular weight is 165 g/mol. The number of nitrogens with zero attached hydrogens (tertiary/aromatic N) is 1. The molecule has 0 unspecified atom stereocenters. The quantitative estimate of drug-likeness (QED) is 0.498. The van der Waals surface area contributed by atoms with Crippen molar-refractivity contribution in [2.24, 2.45) is 0 Å². The van der Waals surface area contributed by atoms with E-state index in [0.29, 0.717) is 0 Å². The van der Waals surface area contributed by atoms with Crippen LogP contribution in [0.15, 0.2) is 24.3 Å². The second-order valence-electron chi connectivity index (χ2n) is 2.87. The van der Waals surface area contributed by atoms with E-state index in [1.165, 1.54) is 0 Å². The summed E-state index contributed by atoms with van der Waals surface area (Å²) < 4.78 is 0. The van der Waals surface area contributed by atoms with Gasteiger partial charge in [0.25, 0.3) is 0 Å². The minimum atomic E-state index is -0.606. The standard InChI is InChI=1S/C9H11NO2/c1-7-3-5-9(6-4-7)8(2)10(11)12/h3-6,8H,1-2H3/t8-/m0/s1. The van der Waals surface area contributed by atoms with E-state index in [1.807, 2.05) is 19.1 Å². The van der Waals surface area contributed by atoms with E-state index >= 15 is 0 Å². The Morgan fingerprint density at radius 3 is 2.25 bits per heavy atom. The normalized spacial score (nSPS) is 12.5. The summed E-state index contributed by atoms with van der Waals surface area (Å²) in [6.07, 6.45) is 0. The van der Waals surface area contributed by atoms with Crippen LogP contribution in [0.25, 0.3) is 0 Å². The molecule has 0 heterocycles. The summed E-state index contributed by atoms with van der Waals surface area (Å²) >= 11 is 0. The van der Waals surface area contributed by atoms with E-state index < -0.39 is 6.04 Å². The van der Waals surface area contributed by atoms with E-state index in [4.69, 9.17) is 0 Å². The van der Waals surface area contributed by atoms with E-state index in [0.717, 1.165) is 11.1 Å². The molecule has 3 heteroatoms. The third kappa shape index (κ3) is 1.81. The molecule has 0 amide bonds. The number of hydrogen-bond acceptors (Lipinski definition) is 2. The van der Waals surface area contributed by atoms with Gasteiger partial charge in [-0.25, -0.2) is 0 Å². The highest BCUT2D eigenvalue weighted by Gasteiger charge is 2.14. The number of hydrogen-bond donors (Lipinski definition) is 0. The zero-order valence-electron chi connectivity index (χ0n) is 7.15. The fraction of sp³-hybridized carbons (Fsp3) is 0.333. The minimum Gasteiger partial charge on any atom is -0.264 e. The topological polar surface area (TPSA) is 43.1 Å². The van der Waals surface area contributed by atoms with Gasteiger partial charge in [0.15, 0.2) is 0 Å². The maximum absolute atomic E-state index is 10.4. The Bertz CT molecular complexity index is 279. The largest absolute Gasteiger partial charge is 0.264 e. The third-order valence-corrected chi connectivity index (χ3v) is 1.88. The second kappa shape index (κ2) is 3.34. The molecule has 0 spiro atoms. The smallest absolute Gasteiger partial charge is 0.235 e. The van der Waals surface area contributed by atoms with Gasteiger partial charge in [-0.3, -0.25) is 10.1 Å². The molecule has 1 atom stereocenters. The van der Waals surface area contributed by atoms with E-state index in [9.17, 15) is 10.1 Å². The van der Waals surface area contributed by atoms with E-state index in [2.05, 4.69) is 0 Å². The zero-order chi connectivity index (χ0) is 9.14. The van der Waals surface area contributed by atoms with Crippen molar-refractivity contribution in [2.75, 3.05) is 0 Å². The predicted molar refractivity (Wildman–Crippen MR) is 46.6 cm³/mol. The summed E-state index contributed by atoms with van der Waals surface area (Å²) in [5.41, 5.74) is 1.87. The fourth-order valence-corrected chi connectivity index (χ4v) is 0.967. The molecule has 0 bridgehead atoms. The highest BCUT2D eigenvalue weighted by molar-refractivity contribution is 5.22. The predicted octanol–water partition coefficient (Wildman–Crippen LogP) is 2.33. The van der Waals surface area contributed by atoms with Crippen LogP contribution in [0.3, 0.4) is 0 Å². The Balaban J connectivity index is 2.89. The van der Waals surface area contributed by atoms with Crippen molar-refractivity contribution in [2.45, 2.75) is 19.9 Å². The maximum atomic E-state index is 10.4. The lowest BCUT2D eigenvalue weighted by molar-refractivity contribution is -0.524. The number of nitro groups is 1. The number of aryl methyl sites for hydroxylation is 1. The van der Waals surface area contributed by atoms with Crippen LogP contribution in [0.4, 0.5) is 0 Å². The Morgan fingerprint density at radius 2 is 1.83 bits per heavy atom. The summed E-state index contributed by atoms with van der Waals surface area (Å²) in [5, 5.41) is 10.4. The molecule has 0 radical (unpaired) electrons. The van der Waals surface area contributed by atoms with Crippen LogP contribution in [0.2, 0.25) is 0 Å². The van der Waals surface area contributed by atoms with Gasteiger partial charge in [-0.05, 0) is 6.92 Å². The van der Waals surface area contributed by atoms with Crippen LogP contribution < -0.4 is 0 Å². The summed E-state index contributed by atoms with van der Waals surface area (Å²) in [6, 6.07) is 6.75. The van der Waals surface area contributed by atoms with Crippen molar-refractivity contribution in [3.8, 4) is 0 Å². The molecule has 0 aliphatic heterocycles. The monoisotopic (exact) mass is 165 g/mol. The lowest BCUT2D eigenvalue weighted by Gasteiger charge is -2.03. The molecule has 0 saturated heterocycles. The summed E-state index contributed by atoms with van der Waals surface area (Å²) in [7, 11) is 0. The Labute approximate surface area is 71.2 Å². The molecule has 3 nitrogen and oxygen atoms in total. The summed E-state index contributed by atoms with van der Waals surface area (Å²) in [5.74, 6) is 0.